The van der Waals surface area contributed by atoms with E-state index in [9.17, 15) is 15.0 Å². The molecule has 1 amide bonds. The van der Waals surface area contributed by atoms with E-state index in [1.54, 1.807) is 0 Å². The van der Waals surface area contributed by atoms with Crippen molar-refractivity contribution in [1.29, 1.82) is 0 Å². The molecule has 0 aliphatic carbocycles. The highest BCUT2D eigenvalue weighted by Crippen LogP contribution is 2.20. The lowest BCUT2D eigenvalue weighted by atomic mass is 10.0. The average molecular weight is 253 g/mol. The van der Waals surface area contributed by atoms with E-state index in [0.717, 1.165) is 6.07 Å². The summed E-state index contributed by atoms with van der Waals surface area (Å²) in [4.78, 5) is 11.9. The fraction of sp³-hybridized carbons (Fsp3) is 0.462. The Hall–Kier alpha value is -1.75. The minimum atomic E-state index is -0.430. The van der Waals surface area contributed by atoms with Crippen LogP contribution in [0.5, 0.6) is 11.5 Å². The van der Waals surface area contributed by atoms with Gasteiger partial charge in [-0.2, -0.15) is 0 Å². The third-order valence-electron chi connectivity index (χ3n) is 2.48. The van der Waals surface area contributed by atoms with Crippen LogP contribution >= 0.6 is 0 Å². The van der Waals surface area contributed by atoms with Gasteiger partial charge in [-0.25, -0.2) is 0 Å². The summed E-state index contributed by atoms with van der Waals surface area (Å²) in [6.07, 6.45) is 0.660. The van der Waals surface area contributed by atoms with Crippen LogP contribution in [0.25, 0.3) is 0 Å². The summed E-state index contributed by atoms with van der Waals surface area (Å²) in [6.45, 7) is 3.85. The molecule has 1 aromatic rings. The van der Waals surface area contributed by atoms with Crippen molar-refractivity contribution < 1.29 is 20.1 Å². The van der Waals surface area contributed by atoms with Crippen molar-refractivity contribution >= 4 is 5.91 Å². The fourth-order valence-corrected chi connectivity index (χ4v) is 1.74. The van der Waals surface area contributed by atoms with Crippen LogP contribution in [0.15, 0.2) is 18.2 Å². The minimum absolute atomic E-state index is 0.144. The molecule has 0 heterocycles. The SMILES string of the molecule is CC(C)CC(CO)NC(=O)c1cc(O)cc(O)c1. The maximum absolute atomic E-state index is 11.9. The Labute approximate surface area is 106 Å². The van der Waals surface area contributed by atoms with Crippen molar-refractivity contribution in [2.45, 2.75) is 26.3 Å². The molecule has 0 aliphatic rings. The number of carbonyl (C=O) groups is 1. The molecule has 100 valence electrons. The number of hydrogen-bond acceptors (Lipinski definition) is 4. The van der Waals surface area contributed by atoms with Crippen LogP contribution < -0.4 is 5.32 Å². The smallest absolute Gasteiger partial charge is 0.251 e. The summed E-state index contributed by atoms with van der Waals surface area (Å²) >= 11 is 0. The van der Waals surface area contributed by atoms with Crippen LogP contribution in [0, 0.1) is 5.92 Å². The number of aliphatic hydroxyl groups is 1. The van der Waals surface area contributed by atoms with E-state index < -0.39 is 5.91 Å². The lowest BCUT2D eigenvalue weighted by Crippen LogP contribution is -2.38. The van der Waals surface area contributed by atoms with E-state index in [-0.39, 0.29) is 29.7 Å². The highest BCUT2D eigenvalue weighted by Gasteiger charge is 2.15. The molecule has 0 spiro atoms. The molecule has 0 fully saturated rings. The highest BCUT2D eigenvalue weighted by atomic mass is 16.3. The summed E-state index contributed by atoms with van der Waals surface area (Å²) in [7, 11) is 0. The zero-order chi connectivity index (χ0) is 13.7. The van der Waals surface area contributed by atoms with Gasteiger partial charge in [-0.05, 0) is 24.5 Å². The van der Waals surface area contributed by atoms with Crippen LogP contribution in [-0.4, -0.2) is 33.9 Å². The second-order valence-corrected chi connectivity index (χ2v) is 4.72. The Morgan fingerprint density at radius 1 is 1.22 bits per heavy atom. The molecule has 0 saturated carbocycles. The number of aliphatic hydroxyl groups excluding tert-OH is 1. The summed E-state index contributed by atoms with van der Waals surface area (Å²) in [5.41, 5.74) is 0.162. The van der Waals surface area contributed by atoms with Crippen LogP contribution in [0.4, 0.5) is 0 Å². The van der Waals surface area contributed by atoms with Gasteiger partial charge in [-0.3, -0.25) is 4.79 Å². The molecule has 1 rings (SSSR count). The van der Waals surface area contributed by atoms with E-state index in [1.807, 2.05) is 13.8 Å². The molecular weight excluding hydrogens is 234 g/mol. The molecule has 18 heavy (non-hydrogen) atoms. The first kappa shape index (κ1) is 14.3. The van der Waals surface area contributed by atoms with E-state index in [1.165, 1.54) is 12.1 Å². The largest absolute Gasteiger partial charge is 0.508 e. The van der Waals surface area contributed by atoms with Crippen molar-refractivity contribution in [2.24, 2.45) is 5.92 Å². The van der Waals surface area contributed by atoms with Crippen LogP contribution in [0.1, 0.15) is 30.6 Å². The Balaban J connectivity index is 2.74. The molecular formula is C13H19NO4. The van der Waals surface area contributed by atoms with Gasteiger partial charge in [0.2, 0.25) is 0 Å². The van der Waals surface area contributed by atoms with Gasteiger partial charge in [0.15, 0.2) is 0 Å². The molecule has 1 aromatic carbocycles. The van der Waals surface area contributed by atoms with Crippen LogP contribution in [-0.2, 0) is 0 Å². The predicted octanol–water partition coefficient (Wildman–Crippen LogP) is 1.23. The Morgan fingerprint density at radius 2 is 1.78 bits per heavy atom. The Kier molecular flexibility index (Phi) is 4.97. The fourth-order valence-electron chi connectivity index (χ4n) is 1.74. The van der Waals surface area contributed by atoms with Gasteiger partial charge in [0, 0.05) is 11.6 Å². The third-order valence-corrected chi connectivity index (χ3v) is 2.48. The van der Waals surface area contributed by atoms with Crippen molar-refractivity contribution in [3.63, 3.8) is 0 Å². The van der Waals surface area contributed by atoms with E-state index >= 15 is 0 Å². The molecule has 0 aromatic heterocycles. The first-order valence-corrected chi connectivity index (χ1v) is 5.87. The molecule has 0 saturated heterocycles. The van der Waals surface area contributed by atoms with Gasteiger partial charge in [0.05, 0.1) is 12.6 Å². The first-order valence-electron chi connectivity index (χ1n) is 5.87. The van der Waals surface area contributed by atoms with Gasteiger partial charge in [-0.1, -0.05) is 13.8 Å². The van der Waals surface area contributed by atoms with Crippen molar-refractivity contribution in [1.82, 2.24) is 5.32 Å². The van der Waals surface area contributed by atoms with E-state index in [2.05, 4.69) is 5.32 Å². The topological polar surface area (TPSA) is 89.8 Å². The number of carbonyl (C=O) groups excluding carboxylic acids is 1. The highest BCUT2D eigenvalue weighted by molar-refractivity contribution is 5.95. The quantitative estimate of drug-likeness (QED) is 0.635. The van der Waals surface area contributed by atoms with E-state index in [4.69, 9.17) is 5.11 Å². The maximum Gasteiger partial charge on any atom is 0.251 e. The molecule has 4 N–H and O–H groups in total. The lowest BCUT2D eigenvalue weighted by Gasteiger charge is -2.18. The summed E-state index contributed by atoms with van der Waals surface area (Å²) in [5.74, 6) is -0.435. The first-order chi connectivity index (χ1) is 8.42. The summed E-state index contributed by atoms with van der Waals surface area (Å²) in [5, 5.41) is 30.4. The molecule has 0 aliphatic heterocycles. The third kappa shape index (κ3) is 4.25. The number of amides is 1. The standard InChI is InChI=1S/C13H19NO4/c1-8(2)3-10(7-15)14-13(18)9-4-11(16)6-12(17)5-9/h4-6,8,10,15-17H,3,7H2,1-2H3,(H,14,18). The maximum atomic E-state index is 11.9. The number of benzene rings is 1. The molecule has 0 bridgehead atoms. The molecule has 1 unspecified atom stereocenters. The van der Waals surface area contributed by atoms with Crippen molar-refractivity contribution in [3.05, 3.63) is 23.8 Å². The summed E-state index contributed by atoms with van der Waals surface area (Å²) < 4.78 is 0. The zero-order valence-corrected chi connectivity index (χ0v) is 10.6. The molecule has 1 atom stereocenters. The number of nitrogens with one attached hydrogen (secondary N) is 1. The average Bonchev–Trinajstić information content (AvgIpc) is 2.26. The number of rotatable bonds is 5. The molecule has 5 nitrogen and oxygen atoms in total. The molecule has 5 heteroatoms. The monoisotopic (exact) mass is 253 g/mol. The predicted molar refractivity (Wildman–Crippen MR) is 67.6 cm³/mol. The Bertz CT molecular complexity index is 397. The number of phenolic OH excluding ortho intramolecular Hbond substituents is 2. The summed E-state index contributed by atoms with van der Waals surface area (Å²) in [6, 6.07) is 3.34. The van der Waals surface area contributed by atoms with Crippen LogP contribution in [0.3, 0.4) is 0 Å². The normalized spacial score (nSPS) is 12.4. The minimum Gasteiger partial charge on any atom is -0.508 e. The Morgan fingerprint density at radius 3 is 2.22 bits per heavy atom. The second kappa shape index (κ2) is 6.26. The lowest BCUT2D eigenvalue weighted by molar-refractivity contribution is 0.0907. The number of aromatic hydroxyl groups is 2. The van der Waals surface area contributed by atoms with Gasteiger partial charge in [0.1, 0.15) is 11.5 Å². The van der Waals surface area contributed by atoms with Crippen molar-refractivity contribution in [2.75, 3.05) is 6.61 Å². The van der Waals surface area contributed by atoms with Crippen LogP contribution in [0.2, 0.25) is 0 Å². The number of hydrogen-bond donors (Lipinski definition) is 4. The van der Waals surface area contributed by atoms with Gasteiger partial charge in [0.25, 0.3) is 5.91 Å². The van der Waals surface area contributed by atoms with Crippen molar-refractivity contribution in [3.8, 4) is 11.5 Å². The zero-order valence-electron chi connectivity index (χ0n) is 10.6. The van der Waals surface area contributed by atoms with E-state index in [0.29, 0.717) is 12.3 Å². The number of phenols is 2. The second-order valence-electron chi connectivity index (χ2n) is 4.72. The van der Waals surface area contributed by atoms with Gasteiger partial charge in [-0.15, -0.1) is 0 Å². The van der Waals surface area contributed by atoms with Gasteiger partial charge < -0.3 is 20.6 Å². The molecule has 0 radical (unpaired) electrons. The van der Waals surface area contributed by atoms with Gasteiger partial charge >= 0.3 is 0 Å².